The summed E-state index contributed by atoms with van der Waals surface area (Å²) in [5.74, 6) is -0.328. The van der Waals surface area contributed by atoms with Gasteiger partial charge in [-0.25, -0.2) is 21.2 Å². The number of piperidine rings is 1. The van der Waals surface area contributed by atoms with Gasteiger partial charge in [0, 0.05) is 12.1 Å². The van der Waals surface area contributed by atoms with Gasteiger partial charge in [-0.2, -0.15) is 4.31 Å². The highest BCUT2D eigenvalue weighted by Crippen LogP contribution is 2.43. The largest absolute Gasteiger partial charge is 0.243 e. The van der Waals surface area contributed by atoms with Crippen molar-refractivity contribution >= 4 is 19.9 Å². The zero-order valence-electron chi connectivity index (χ0n) is 17.8. The molecule has 3 aromatic carbocycles. The second-order valence-corrected chi connectivity index (χ2v) is 12.8. The van der Waals surface area contributed by atoms with Crippen LogP contribution in [0.4, 0.5) is 4.39 Å². The molecule has 172 valence electrons. The minimum atomic E-state index is -3.76. The summed E-state index contributed by atoms with van der Waals surface area (Å²) in [7, 11) is -7.27. The summed E-state index contributed by atoms with van der Waals surface area (Å²) in [4.78, 5) is 0.483. The van der Waals surface area contributed by atoms with E-state index in [1.54, 1.807) is 66.7 Å². The Morgan fingerprint density at radius 1 is 0.667 bits per heavy atom. The van der Waals surface area contributed by atoms with E-state index in [4.69, 9.17) is 0 Å². The van der Waals surface area contributed by atoms with Gasteiger partial charge in [-0.05, 0) is 73.2 Å². The molecule has 0 aromatic heterocycles. The fourth-order valence-corrected chi connectivity index (χ4v) is 8.88. The number of benzene rings is 3. The van der Waals surface area contributed by atoms with Gasteiger partial charge >= 0.3 is 0 Å². The molecule has 2 fully saturated rings. The van der Waals surface area contributed by atoms with Crippen LogP contribution in [0.1, 0.15) is 25.7 Å². The van der Waals surface area contributed by atoms with Crippen LogP contribution in [0.3, 0.4) is 0 Å². The van der Waals surface area contributed by atoms with Gasteiger partial charge in [0.2, 0.25) is 10.0 Å². The lowest BCUT2D eigenvalue weighted by molar-refractivity contribution is 0.249. The van der Waals surface area contributed by atoms with Crippen molar-refractivity contribution in [2.45, 2.75) is 52.8 Å². The zero-order chi connectivity index (χ0) is 23.2. The van der Waals surface area contributed by atoms with E-state index in [2.05, 4.69) is 0 Å². The van der Waals surface area contributed by atoms with E-state index in [-0.39, 0.29) is 22.8 Å². The predicted molar refractivity (Wildman–Crippen MR) is 124 cm³/mol. The molecule has 2 aliphatic rings. The fraction of sp³-hybridized carbons (Fsp3) is 0.280. The highest BCUT2D eigenvalue weighted by molar-refractivity contribution is 7.92. The second kappa shape index (κ2) is 8.34. The molecular formula is C25H24FNO4S2. The van der Waals surface area contributed by atoms with Crippen LogP contribution in [0.2, 0.25) is 0 Å². The third kappa shape index (κ3) is 4.00. The van der Waals surface area contributed by atoms with E-state index in [1.165, 1.54) is 16.4 Å². The standard InChI is InChI=1S/C25H24FNO4S2/c26-20-10-6-18(7-11-20)19-8-14-24(15-9-19)33(30,31)27-21-12-13-22(27)17-25(16-21)32(28,29)23-4-2-1-3-5-23/h1-11,14-15,21-22,25H,12-13,16-17H2. The first-order valence-electron chi connectivity index (χ1n) is 11.0. The van der Waals surface area contributed by atoms with Gasteiger partial charge < -0.3 is 0 Å². The maximum atomic E-state index is 13.5. The van der Waals surface area contributed by atoms with E-state index in [0.717, 1.165) is 11.1 Å². The maximum absolute atomic E-state index is 13.5. The van der Waals surface area contributed by atoms with Gasteiger partial charge in [-0.3, -0.25) is 0 Å². The number of hydrogen-bond acceptors (Lipinski definition) is 4. The summed E-state index contributed by atoms with van der Waals surface area (Å²) in [6, 6.07) is 20.3. The monoisotopic (exact) mass is 485 g/mol. The Morgan fingerprint density at radius 3 is 1.73 bits per heavy atom. The third-order valence-corrected chi connectivity index (χ3v) is 11.0. The van der Waals surface area contributed by atoms with Crippen molar-refractivity contribution in [1.29, 1.82) is 0 Å². The molecule has 0 amide bonds. The highest BCUT2D eigenvalue weighted by Gasteiger charge is 2.50. The topological polar surface area (TPSA) is 71.5 Å². The van der Waals surface area contributed by atoms with Crippen molar-refractivity contribution in [2.24, 2.45) is 0 Å². The van der Waals surface area contributed by atoms with Crippen LogP contribution in [-0.4, -0.2) is 38.5 Å². The van der Waals surface area contributed by atoms with Crippen LogP contribution in [0.15, 0.2) is 88.7 Å². The van der Waals surface area contributed by atoms with E-state index < -0.39 is 25.1 Å². The number of fused-ring (bicyclic) bond motifs is 2. The smallest absolute Gasteiger partial charge is 0.223 e. The first kappa shape index (κ1) is 22.3. The van der Waals surface area contributed by atoms with Crippen molar-refractivity contribution in [1.82, 2.24) is 4.31 Å². The predicted octanol–water partition coefficient (Wildman–Crippen LogP) is 4.65. The summed E-state index contributed by atoms with van der Waals surface area (Å²) in [6.07, 6.45) is 1.94. The average Bonchev–Trinajstić information content (AvgIpc) is 3.11. The Balaban J connectivity index is 1.38. The molecule has 0 spiro atoms. The molecule has 2 unspecified atom stereocenters. The Bertz CT molecular complexity index is 1340. The van der Waals surface area contributed by atoms with Gasteiger partial charge in [-0.15, -0.1) is 0 Å². The molecule has 5 nitrogen and oxygen atoms in total. The normalized spacial score (nSPS) is 23.5. The van der Waals surface area contributed by atoms with Crippen LogP contribution in [0.5, 0.6) is 0 Å². The Labute approximate surface area is 193 Å². The quantitative estimate of drug-likeness (QED) is 0.527. The zero-order valence-corrected chi connectivity index (χ0v) is 19.5. The number of sulfonamides is 1. The second-order valence-electron chi connectivity index (χ2n) is 8.70. The molecule has 8 heteroatoms. The number of halogens is 1. The van der Waals surface area contributed by atoms with Crippen molar-refractivity contribution in [3.63, 3.8) is 0 Å². The lowest BCUT2D eigenvalue weighted by Gasteiger charge is -2.37. The molecule has 33 heavy (non-hydrogen) atoms. The van der Waals surface area contributed by atoms with Gasteiger partial charge in [0.1, 0.15) is 5.82 Å². The SMILES string of the molecule is O=S(=O)(c1ccccc1)C1CC2CCC(C1)N2S(=O)(=O)c1ccc(-c2ccc(F)cc2)cc1. The maximum Gasteiger partial charge on any atom is 0.243 e. The number of rotatable bonds is 5. The minimum Gasteiger partial charge on any atom is -0.223 e. The molecule has 3 aromatic rings. The van der Waals surface area contributed by atoms with Crippen LogP contribution in [0.25, 0.3) is 11.1 Å². The summed E-state index contributed by atoms with van der Waals surface area (Å²) in [6.45, 7) is 0. The van der Waals surface area contributed by atoms with Crippen molar-refractivity contribution < 1.29 is 21.2 Å². The molecule has 0 aliphatic carbocycles. The van der Waals surface area contributed by atoms with Crippen LogP contribution in [0, 0.1) is 5.82 Å². The molecular weight excluding hydrogens is 461 g/mol. The third-order valence-electron chi connectivity index (χ3n) is 6.74. The molecule has 0 saturated carbocycles. The molecule has 0 radical (unpaired) electrons. The van der Waals surface area contributed by atoms with Crippen molar-refractivity contribution in [2.75, 3.05) is 0 Å². The summed E-state index contributed by atoms with van der Waals surface area (Å²) >= 11 is 0. The Morgan fingerprint density at radius 2 is 1.18 bits per heavy atom. The molecule has 2 aliphatic heterocycles. The summed E-state index contributed by atoms with van der Waals surface area (Å²) in [5.41, 5.74) is 1.59. The Kier molecular flexibility index (Phi) is 5.63. The number of nitrogens with zero attached hydrogens (tertiary/aromatic N) is 1. The lowest BCUT2D eigenvalue weighted by atomic mass is 10.1. The van der Waals surface area contributed by atoms with E-state index in [9.17, 15) is 21.2 Å². The minimum absolute atomic E-state index is 0.189. The lowest BCUT2D eigenvalue weighted by Crippen LogP contribution is -2.49. The van der Waals surface area contributed by atoms with Crippen LogP contribution >= 0.6 is 0 Å². The van der Waals surface area contributed by atoms with Crippen LogP contribution in [-0.2, 0) is 19.9 Å². The number of sulfone groups is 1. The molecule has 2 bridgehead atoms. The van der Waals surface area contributed by atoms with Crippen molar-refractivity contribution in [3.05, 3.63) is 84.7 Å². The van der Waals surface area contributed by atoms with Gasteiger partial charge in [0.15, 0.2) is 9.84 Å². The molecule has 2 saturated heterocycles. The fourth-order valence-electron chi connectivity index (χ4n) is 5.12. The molecule has 2 heterocycles. The number of hydrogen-bond donors (Lipinski definition) is 0. The van der Waals surface area contributed by atoms with E-state index in [1.807, 2.05) is 0 Å². The van der Waals surface area contributed by atoms with E-state index >= 15 is 0 Å². The van der Waals surface area contributed by atoms with E-state index in [0.29, 0.717) is 30.6 Å². The molecule has 2 atom stereocenters. The van der Waals surface area contributed by atoms with Crippen LogP contribution < -0.4 is 0 Å². The molecule has 5 rings (SSSR count). The van der Waals surface area contributed by atoms with Gasteiger partial charge in [0.05, 0.1) is 15.0 Å². The first-order valence-corrected chi connectivity index (χ1v) is 13.9. The average molecular weight is 486 g/mol. The Hall–Kier alpha value is -2.55. The first-order chi connectivity index (χ1) is 15.8. The molecule has 0 N–H and O–H groups in total. The van der Waals surface area contributed by atoms with Crippen molar-refractivity contribution in [3.8, 4) is 11.1 Å². The summed E-state index contributed by atoms with van der Waals surface area (Å²) in [5, 5.41) is -0.579. The highest BCUT2D eigenvalue weighted by atomic mass is 32.2. The van der Waals surface area contributed by atoms with Gasteiger partial charge in [-0.1, -0.05) is 42.5 Å². The summed E-state index contributed by atoms with van der Waals surface area (Å²) < 4.78 is 68.0. The van der Waals surface area contributed by atoms with Gasteiger partial charge in [0.25, 0.3) is 0 Å².